The molecule has 1 heterocycles. The molecule has 31 heavy (non-hydrogen) atoms. The standard InChI is InChI=1S/C22H25N3O5S/c1-22(2,3)18-13-16(25-19(26)10-11-23-21(25)27)12-17(20(18)30-4)14-6-8-15(9-7-14)24-31(5,28)29/h6-13,24H,1-5H3,(H,23,27). The van der Waals surface area contributed by atoms with Gasteiger partial charge in [0.25, 0.3) is 5.56 Å². The summed E-state index contributed by atoms with van der Waals surface area (Å²) in [4.78, 5) is 27.3. The molecule has 0 radical (unpaired) electrons. The van der Waals surface area contributed by atoms with Gasteiger partial charge in [-0.25, -0.2) is 17.8 Å². The number of methoxy groups -OCH3 is 1. The number of hydrogen-bond acceptors (Lipinski definition) is 5. The monoisotopic (exact) mass is 443 g/mol. The van der Waals surface area contributed by atoms with Crippen molar-refractivity contribution in [3.8, 4) is 22.6 Å². The molecule has 0 saturated carbocycles. The molecule has 3 rings (SSSR count). The van der Waals surface area contributed by atoms with E-state index in [4.69, 9.17) is 4.74 Å². The smallest absolute Gasteiger partial charge is 0.332 e. The summed E-state index contributed by atoms with van der Waals surface area (Å²) < 4.78 is 32.2. The highest BCUT2D eigenvalue weighted by molar-refractivity contribution is 7.92. The maximum Gasteiger partial charge on any atom is 0.332 e. The van der Waals surface area contributed by atoms with Crippen LogP contribution in [-0.4, -0.2) is 31.3 Å². The van der Waals surface area contributed by atoms with Crippen molar-refractivity contribution >= 4 is 15.7 Å². The number of rotatable bonds is 5. The number of ether oxygens (including phenoxy) is 1. The molecule has 0 fully saturated rings. The molecule has 0 aliphatic carbocycles. The first-order chi connectivity index (χ1) is 14.4. The predicted molar refractivity (Wildman–Crippen MR) is 122 cm³/mol. The number of anilines is 1. The van der Waals surface area contributed by atoms with Crippen molar-refractivity contribution in [3.05, 3.63) is 75.1 Å². The minimum atomic E-state index is -3.40. The Labute approximate surface area is 180 Å². The van der Waals surface area contributed by atoms with E-state index >= 15 is 0 Å². The van der Waals surface area contributed by atoms with Gasteiger partial charge in [0, 0.05) is 29.1 Å². The lowest BCUT2D eigenvalue weighted by Crippen LogP contribution is -2.32. The summed E-state index contributed by atoms with van der Waals surface area (Å²) in [5.74, 6) is 0.612. The Balaban J connectivity index is 2.29. The normalized spacial score (nSPS) is 11.9. The quantitative estimate of drug-likeness (QED) is 0.630. The molecule has 8 nitrogen and oxygen atoms in total. The minimum absolute atomic E-state index is 0.348. The van der Waals surface area contributed by atoms with Crippen LogP contribution in [0, 0.1) is 0 Å². The molecule has 0 aliphatic heterocycles. The van der Waals surface area contributed by atoms with Crippen LogP contribution in [0.3, 0.4) is 0 Å². The fourth-order valence-corrected chi connectivity index (χ4v) is 3.90. The minimum Gasteiger partial charge on any atom is -0.496 e. The summed E-state index contributed by atoms with van der Waals surface area (Å²) in [6.45, 7) is 6.03. The highest BCUT2D eigenvalue weighted by Gasteiger charge is 2.24. The van der Waals surface area contributed by atoms with Crippen molar-refractivity contribution in [2.24, 2.45) is 0 Å². The lowest BCUT2D eigenvalue weighted by Gasteiger charge is -2.25. The Morgan fingerprint density at radius 3 is 2.19 bits per heavy atom. The second kappa shape index (κ2) is 8.07. The summed E-state index contributed by atoms with van der Waals surface area (Å²) in [5, 5.41) is 0. The number of sulfonamides is 1. The zero-order valence-electron chi connectivity index (χ0n) is 18.0. The average molecular weight is 444 g/mol. The van der Waals surface area contributed by atoms with Crippen LogP contribution in [-0.2, 0) is 15.4 Å². The number of aromatic nitrogens is 2. The molecule has 2 N–H and O–H groups in total. The topological polar surface area (TPSA) is 110 Å². The van der Waals surface area contributed by atoms with Crippen LogP contribution in [0.1, 0.15) is 26.3 Å². The van der Waals surface area contributed by atoms with Crippen LogP contribution in [0.25, 0.3) is 16.8 Å². The molecule has 1 aromatic heterocycles. The molecule has 0 saturated heterocycles. The van der Waals surface area contributed by atoms with Gasteiger partial charge in [-0.2, -0.15) is 0 Å². The molecular weight excluding hydrogens is 418 g/mol. The third-order valence-corrected chi connectivity index (χ3v) is 5.31. The van der Waals surface area contributed by atoms with Crippen LogP contribution in [0.5, 0.6) is 5.75 Å². The first-order valence-corrected chi connectivity index (χ1v) is 11.4. The molecule has 164 valence electrons. The van der Waals surface area contributed by atoms with E-state index in [1.807, 2.05) is 20.8 Å². The highest BCUT2D eigenvalue weighted by Crippen LogP contribution is 2.41. The summed E-state index contributed by atoms with van der Waals surface area (Å²) in [7, 11) is -1.83. The Bertz CT molecular complexity index is 1300. The average Bonchev–Trinajstić information content (AvgIpc) is 2.66. The summed E-state index contributed by atoms with van der Waals surface area (Å²) in [6.07, 6.45) is 2.39. The molecular formula is C22H25N3O5S. The van der Waals surface area contributed by atoms with Crippen molar-refractivity contribution in [1.82, 2.24) is 9.55 Å². The van der Waals surface area contributed by atoms with Gasteiger partial charge in [-0.05, 0) is 35.2 Å². The first-order valence-electron chi connectivity index (χ1n) is 9.52. The van der Waals surface area contributed by atoms with Gasteiger partial charge in [0.15, 0.2) is 0 Å². The van der Waals surface area contributed by atoms with Crippen molar-refractivity contribution in [2.45, 2.75) is 26.2 Å². The van der Waals surface area contributed by atoms with Gasteiger partial charge in [0.2, 0.25) is 10.0 Å². The van der Waals surface area contributed by atoms with E-state index < -0.39 is 21.3 Å². The molecule has 0 atom stereocenters. The Hall–Kier alpha value is -3.33. The van der Waals surface area contributed by atoms with Crippen molar-refractivity contribution in [3.63, 3.8) is 0 Å². The number of aromatic amines is 1. The van der Waals surface area contributed by atoms with Crippen molar-refractivity contribution in [2.75, 3.05) is 18.1 Å². The second-order valence-corrected chi connectivity index (χ2v) is 9.98. The predicted octanol–water partition coefficient (Wildman–Crippen LogP) is 2.87. The van der Waals surface area contributed by atoms with Gasteiger partial charge in [0.05, 0.1) is 19.1 Å². The molecule has 9 heteroatoms. The van der Waals surface area contributed by atoms with Gasteiger partial charge in [-0.1, -0.05) is 32.9 Å². The van der Waals surface area contributed by atoms with E-state index in [1.165, 1.54) is 12.3 Å². The summed E-state index contributed by atoms with van der Waals surface area (Å²) >= 11 is 0. The van der Waals surface area contributed by atoms with E-state index in [-0.39, 0.29) is 5.41 Å². The van der Waals surface area contributed by atoms with E-state index in [0.29, 0.717) is 22.7 Å². The fourth-order valence-electron chi connectivity index (χ4n) is 3.33. The molecule has 0 aliphatic rings. The summed E-state index contributed by atoms with van der Waals surface area (Å²) in [6, 6.07) is 11.6. The Kier molecular flexibility index (Phi) is 5.82. The van der Waals surface area contributed by atoms with Crippen LogP contribution in [0.4, 0.5) is 5.69 Å². The zero-order valence-corrected chi connectivity index (χ0v) is 18.8. The zero-order chi connectivity index (χ0) is 23.0. The number of benzene rings is 2. The number of nitrogens with one attached hydrogen (secondary N) is 2. The largest absolute Gasteiger partial charge is 0.496 e. The lowest BCUT2D eigenvalue weighted by molar-refractivity contribution is 0.399. The van der Waals surface area contributed by atoms with Crippen LogP contribution >= 0.6 is 0 Å². The molecule has 0 unspecified atom stereocenters. The summed E-state index contributed by atoms with van der Waals surface area (Å²) in [5.41, 5.74) is 1.72. The van der Waals surface area contributed by atoms with E-state index in [2.05, 4.69) is 9.71 Å². The van der Waals surface area contributed by atoms with Gasteiger partial charge >= 0.3 is 5.69 Å². The van der Waals surface area contributed by atoms with Crippen LogP contribution in [0.2, 0.25) is 0 Å². The third kappa shape index (κ3) is 4.88. The van der Waals surface area contributed by atoms with E-state index in [1.54, 1.807) is 43.5 Å². The van der Waals surface area contributed by atoms with Crippen molar-refractivity contribution < 1.29 is 13.2 Å². The van der Waals surface area contributed by atoms with E-state index in [9.17, 15) is 18.0 Å². The SMILES string of the molecule is COc1c(-c2ccc(NS(C)(=O)=O)cc2)cc(-n2c(=O)cc[nH]c2=O)cc1C(C)(C)C. The fraction of sp³-hybridized carbons (Fsp3) is 0.273. The second-order valence-electron chi connectivity index (χ2n) is 8.23. The Morgan fingerprint density at radius 2 is 1.68 bits per heavy atom. The van der Waals surface area contributed by atoms with Gasteiger partial charge in [-0.3, -0.25) is 9.52 Å². The number of H-pyrrole nitrogens is 1. The van der Waals surface area contributed by atoms with Crippen molar-refractivity contribution in [1.29, 1.82) is 0 Å². The molecule has 0 amide bonds. The maximum atomic E-state index is 12.4. The van der Waals surface area contributed by atoms with Crippen LogP contribution in [0.15, 0.2) is 58.3 Å². The maximum absolute atomic E-state index is 12.4. The van der Waals surface area contributed by atoms with E-state index in [0.717, 1.165) is 21.9 Å². The highest BCUT2D eigenvalue weighted by atomic mass is 32.2. The molecule has 2 aromatic carbocycles. The van der Waals surface area contributed by atoms with Gasteiger partial charge in [0.1, 0.15) is 5.75 Å². The first kappa shape index (κ1) is 22.4. The van der Waals surface area contributed by atoms with Gasteiger partial charge < -0.3 is 9.72 Å². The van der Waals surface area contributed by atoms with Crippen LogP contribution < -0.4 is 20.7 Å². The number of hydrogen-bond donors (Lipinski definition) is 2. The Morgan fingerprint density at radius 1 is 1.03 bits per heavy atom. The number of nitrogens with zero attached hydrogens (tertiary/aromatic N) is 1. The lowest BCUT2D eigenvalue weighted by atomic mass is 9.83. The van der Waals surface area contributed by atoms with Gasteiger partial charge in [-0.15, -0.1) is 0 Å². The third-order valence-electron chi connectivity index (χ3n) is 4.70. The molecule has 0 spiro atoms. The molecule has 3 aromatic rings. The molecule has 0 bridgehead atoms.